The minimum absolute atomic E-state index is 0.103. The zero-order valence-corrected chi connectivity index (χ0v) is 16.5. The molecule has 2 heterocycles. The van der Waals surface area contributed by atoms with Crippen LogP contribution in [0.2, 0.25) is 0 Å². The number of hydrogen-bond donors (Lipinski definition) is 2. The first-order valence-electron chi connectivity index (χ1n) is 8.42. The van der Waals surface area contributed by atoms with E-state index in [2.05, 4.69) is 5.32 Å². The summed E-state index contributed by atoms with van der Waals surface area (Å²) in [6, 6.07) is 7.43. The van der Waals surface area contributed by atoms with Crippen LogP contribution in [0, 0.1) is 0 Å². The number of carboxylic acid groups (broad SMARTS) is 1. The lowest BCUT2D eigenvalue weighted by molar-refractivity contribution is -0.161. The third-order valence-corrected chi connectivity index (χ3v) is 7.63. The van der Waals surface area contributed by atoms with Gasteiger partial charge in [0.15, 0.2) is 5.12 Å². The van der Waals surface area contributed by atoms with Gasteiger partial charge >= 0.3 is 5.97 Å². The van der Waals surface area contributed by atoms with E-state index < -0.39 is 34.1 Å². The van der Waals surface area contributed by atoms with Gasteiger partial charge in [0.2, 0.25) is 11.8 Å². The van der Waals surface area contributed by atoms with Crippen molar-refractivity contribution < 1.29 is 24.3 Å². The molecule has 2 fully saturated rings. The SMILES string of the molecule is CC(=O)SCC1(C)S[C@H]2C(NC(=O)Cc3ccccc3)C(=O)N2C1C(=O)O. The van der Waals surface area contributed by atoms with Crippen LogP contribution in [0.1, 0.15) is 19.4 Å². The Hall–Kier alpha value is -2.00. The number of fused-ring (bicyclic) bond motifs is 1. The largest absolute Gasteiger partial charge is 0.480 e. The summed E-state index contributed by atoms with van der Waals surface area (Å²) in [6.45, 7) is 3.18. The van der Waals surface area contributed by atoms with Gasteiger partial charge < -0.3 is 15.3 Å². The Balaban J connectivity index is 1.69. The van der Waals surface area contributed by atoms with Crippen molar-refractivity contribution in [2.24, 2.45) is 0 Å². The zero-order valence-electron chi connectivity index (χ0n) is 14.9. The van der Waals surface area contributed by atoms with Crippen molar-refractivity contribution in [1.82, 2.24) is 10.2 Å². The first-order valence-corrected chi connectivity index (χ1v) is 10.3. The van der Waals surface area contributed by atoms with Crippen LogP contribution in [0.15, 0.2) is 30.3 Å². The number of nitrogens with one attached hydrogen (secondary N) is 1. The molecule has 1 aromatic rings. The number of nitrogens with zero attached hydrogens (tertiary/aromatic N) is 1. The number of carbonyl (C=O) groups excluding carboxylic acids is 3. The van der Waals surface area contributed by atoms with Gasteiger partial charge in [-0.1, -0.05) is 42.1 Å². The molecule has 3 rings (SSSR count). The minimum Gasteiger partial charge on any atom is -0.480 e. The van der Waals surface area contributed by atoms with Gasteiger partial charge in [0.25, 0.3) is 0 Å². The molecule has 0 spiro atoms. The third kappa shape index (κ3) is 3.84. The molecule has 2 aliphatic heterocycles. The molecule has 7 nitrogen and oxygen atoms in total. The van der Waals surface area contributed by atoms with Crippen LogP contribution in [0.4, 0.5) is 0 Å². The predicted octanol–water partition coefficient (Wildman–Crippen LogP) is 1.12. The summed E-state index contributed by atoms with van der Waals surface area (Å²) in [4.78, 5) is 49.2. The zero-order chi connectivity index (χ0) is 19.8. The van der Waals surface area contributed by atoms with Crippen molar-refractivity contribution in [1.29, 1.82) is 0 Å². The van der Waals surface area contributed by atoms with Crippen molar-refractivity contribution in [3.63, 3.8) is 0 Å². The fourth-order valence-corrected chi connectivity index (χ4v) is 6.05. The summed E-state index contributed by atoms with van der Waals surface area (Å²) in [7, 11) is 0. The number of benzene rings is 1. The Morgan fingerprint density at radius 3 is 2.56 bits per heavy atom. The lowest BCUT2D eigenvalue weighted by atomic mass is 9.95. The molecule has 0 radical (unpaired) electrons. The normalized spacial score (nSPS) is 29.0. The second kappa shape index (κ2) is 7.55. The summed E-state index contributed by atoms with van der Waals surface area (Å²) >= 11 is 2.39. The van der Waals surface area contributed by atoms with Crippen LogP contribution in [-0.4, -0.2) is 60.9 Å². The smallest absolute Gasteiger partial charge is 0.327 e. The topological polar surface area (TPSA) is 104 Å². The summed E-state index contributed by atoms with van der Waals surface area (Å²) in [5, 5.41) is 11.8. The maximum absolute atomic E-state index is 12.5. The van der Waals surface area contributed by atoms with E-state index in [0.717, 1.165) is 17.3 Å². The quantitative estimate of drug-likeness (QED) is 0.680. The van der Waals surface area contributed by atoms with Crippen LogP contribution in [-0.2, 0) is 25.6 Å². The van der Waals surface area contributed by atoms with Gasteiger partial charge in [0.05, 0.1) is 11.2 Å². The lowest BCUT2D eigenvalue weighted by Gasteiger charge is -2.43. The number of rotatable bonds is 6. The molecule has 2 N–H and O–H groups in total. The van der Waals surface area contributed by atoms with Gasteiger partial charge in [0.1, 0.15) is 17.5 Å². The Bertz CT molecular complexity index is 787. The van der Waals surface area contributed by atoms with Gasteiger partial charge in [-0.2, -0.15) is 0 Å². The van der Waals surface area contributed by atoms with Crippen LogP contribution >= 0.6 is 23.5 Å². The standard InChI is InChI=1S/C18H20N2O5S2/c1-10(21)26-9-18(2)14(17(24)25)20-15(23)13(16(20)27-18)19-12(22)8-11-6-4-3-5-7-11/h3-7,13-14,16H,8-9H2,1-2H3,(H,19,22)(H,24,25)/t13?,14?,16-,18?/m0/s1. The number of aliphatic carboxylic acids is 1. The minimum atomic E-state index is -1.10. The van der Waals surface area contributed by atoms with Gasteiger partial charge in [-0.25, -0.2) is 4.79 Å². The second-order valence-corrected chi connectivity index (χ2v) is 9.60. The fourth-order valence-electron chi connectivity index (χ4n) is 3.40. The highest BCUT2D eigenvalue weighted by atomic mass is 32.2. The van der Waals surface area contributed by atoms with E-state index in [1.165, 1.54) is 23.6 Å². The molecule has 1 aromatic carbocycles. The lowest BCUT2D eigenvalue weighted by Crippen LogP contribution is -2.70. The molecule has 2 amide bonds. The van der Waals surface area contributed by atoms with Crippen LogP contribution in [0.5, 0.6) is 0 Å². The van der Waals surface area contributed by atoms with Crippen LogP contribution in [0.25, 0.3) is 0 Å². The van der Waals surface area contributed by atoms with Crippen LogP contribution in [0.3, 0.4) is 0 Å². The van der Waals surface area contributed by atoms with Crippen molar-refractivity contribution in [2.45, 2.75) is 42.5 Å². The van der Waals surface area contributed by atoms with Crippen molar-refractivity contribution >= 4 is 46.4 Å². The summed E-state index contributed by atoms with van der Waals surface area (Å²) in [6.07, 6.45) is 0.155. The molecule has 0 bridgehead atoms. The third-order valence-electron chi connectivity index (χ3n) is 4.65. The van der Waals surface area contributed by atoms with Gasteiger partial charge in [-0.15, -0.1) is 11.8 Å². The number of amides is 2. The average molecular weight is 409 g/mol. The second-order valence-electron chi connectivity index (χ2n) is 6.80. The van der Waals surface area contributed by atoms with E-state index in [4.69, 9.17) is 0 Å². The van der Waals surface area contributed by atoms with Crippen molar-refractivity contribution in [3.05, 3.63) is 35.9 Å². The van der Waals surface area contributed by atoms with E-state index in [1.54, 1.807) is 6.92 Å². The maximum Gasteiger partial charge on any atom is 0.327 e. The summed E-state index contributed by atoms with van der Waals surface area (Å²) in [5.41, 5.74) is 0.837. The Morgan fingerprint density at radius 2 is 1.96 bits per heavy atom. The van der Waals surface area contributed by atoms with E-state index in [1.807, 2.05) is 30.3 Å². The number of hydrogen-bond acceptors (Lipinski definition) is 6. The Labute approximate surface area is 165 Å². The highest BCUT2D eigenvalue weighted by Gasteiger charge is 2.65. The molecule has 4 atom stereocenters. The van der Waals surface area contributed by atoms with Crippen molar-refractivity contribution in [3.8, 4) is 0 Å². The van der Waals surface area contributed by atoms with E-state index in [-0.39, 0.29) is 23.2 Å². The molecule has 2 aliphatic rings. The first-order chi connectivity index (χ1) is 12.7. The van der Waals surface area contributed by atoms with Crippen molar-refractivity contribution in [2.75, 3.05) is 5.75 Å². The van der Waals surface area contributed by atoms with E-state index >= 15 is 0 Å². The maximum atomic E-state index is 12.5. The summed E-state index contributed by atoms with van der Waals surface area (Å²) < 4.78 is -0.804. The molecule has 9 heteroatoms. The molecule has 0 aliphatic carbocycles. The predicted molar refractivity (Wildman–Crippen MR) is 103 cm³/mol. The monoisotopic (exact) mass is 408 g/mol. The Kier molecular flexibility index (Phi) is 5.53. The molecule has 3 unspecified atom stereocenters. The first kappa shape index (κ1) is 19.8. The average Bonchev–Trinajstić information content (AvgIpc) is 2.89. The van der Waals surface area contributed by atoms with Crippen LogP contribution < -0.4 is 5.32 Å². The Morgan fingerprint density at radius 1 is 1.30 bits per heavy atom. The van der Waals surface area contributed by atoms with E-state index in [9.17, 15) is 24.3 Å². The molecule has 27 heavy (non-hydrogen) atoms. The van der Waals surface area contributed by atoms with Gasteiger partial charge in [-0.3, -0.25) is 14.4 Å². The number of thioether (sulfide) groups is 2. The highest BCUT2D eigenvalue weighted by molar-refractivity contribution is 8.14. The number of carbonyl (C=O) groups is 4. The highest BCUT2D eigenvalue weighted by Crippen LogP contribution is 2.52. The number of carboxylic acids is 1. The van der Waals surface area contributed by atoms with Gasteiger partial charge in [-0.05, 0) is 12.5 Å². The number of β-lactam (4-membered cyclic amide) rings is 1. The summed E-state index contributed by atoms with van der Waals surface area (Å²) in [5.74, 6) is -1.48. The van der Waals surface area contributed by atoms with Gasteiger partial charge in [0, 0.05) is 12.7 Å². The molecule has 0 saturated carbocycles. The van der Waals surface area contributed by atoms with E-state index in [0.29, 0.717) is 0 Å². The molecule has 2 saturated heterocycles. The molecule has 0 aromatic heterocycles. The molecular formula is C18H20N2O5S2. The molecule has 144 valence electrons. The molecular weight excluding hydrogens is 388 g/mol. The fraction of sp³-hybridized carbons (Fsp3) is 0.444.